The molecule has 2 N–H and O–H groups in total. The monoisotopic (exact) mass is 398 g/mol. The zero-order chi connectivity index (χ0) is 20.1. The second kappa shape index (κ2) is 8.57. The van der Waals surface area contributed by atoms with Crippen LogP contribution in [0.5, 0.6) is 5.75 Å². The van der Waals surface area contributed by atoms with Crippen LogP contribution >= 0.6 is 11.8 Å². The maximum Gasteiger partial charge on any atom is 0.335 e. The molecule has 0 radical (unpaired) electrons. The van der Waals surface area contributed by atoms with Crippen molar-refractivity contribution < 1.29 is 19.4 Å². The first-order chi connectivity index (χ1) is 13.5. The lowest BCUT2D eigenvalue weighted by Gasteiger charge is -2.06. The van der Waals surface area contributed by atoms with Crippen molar-refractivity contribution in [2.75, 3.05) is 18.2 Å². The normalized spacial score (nSPS) is 10.5. The first kappa shape index (κ1) is 19.4. The number of nitrogens with one attached hydrogen (secondary N) is 1. The number of ether oxygens (including phenoxy) is 1. The van der Waals surface area contributed by atoms with Gasteiger partial charge in [-0.05, 0) is 48.5 Å². The average Bonchev–Trinajstić information content (AvgIpc) is 3.07. The molecule has 0 aliphatic carbocycles. The second-order valence-corrected chi connectivity index (χ2v) is 6.76. The van der Waals surface area contributed by atoms with Crippen molar-refractivity contribution >= 4 is 29.3 Å². The summed E-state index contributed by atoms with van der Waals surface area (Å²) in [4.78, 5) is 23.0. The molecule has 0 spiro atoms. The van der Waals surface area contributed by atoms with Gasteiger partial charge in [-0.15, -0.1) is 10.2 Å². The highest BCUT2D eigenvalue weighted by molar-refractivity contribution is 7.99. The fraction of sp³-hybridized carbons (Fsp3) is 0.158. The standard InChI is InChI=1S/C19H18N4O4S/c1-23-17(12-5-9-15(27-2)10-6-12)21-22-19(23)28-11-16(24)20-14-7-3-13(4-8-14)18(25)26/h3-10H,11H2,1-2H3,(H,20,24)(H,25,26). The van der Waals surface area contributed by atoms with Gasteiger partial charge in [0.05, 0.1) is 18.4 Å². The van der Waals surface area contributed by atoms with E-state index in [4.69, 9.17) is 9.84 Å². The zero-order valence-corrected chi connectivity index (χ0v) is 16.1. The first-order valence-electron chi connectivity index (χ1n) is 8.27. The van der Waals surface area contributed by atoms with Gasteiger partial charge >= 0.3 is 5.97 Å². The number of carboxylic acids is 1. The van der Waals surface area contributed by atoms with Gasteiger partial charge in [-0.1, -0.05) is 11.8 Å². The van der Waals surface area contributed by atoms with Crippen molar-refractivity contribution in [3.05, 3.63) is 54.1 Å². The van der Waals surface area contributed by atoms with Crippen LogP contribution in [0.3, 0.4) is 0 Å². The molecule has 2 aromatic carbocycles. The lowest BCUT2D eigenvalue weighted by molar-refractivity contribution is -0.113. The number of anilines is 1. The molecule has 0 atom stereocenters. The number of hydrogen-bond donors (Lipinski definition) is 2. The van der Waals surface area contributed by atoms with Gasteiger partial charge in [0, 0.05) is 18.3 Å². The van der Waals surface area contributed by atoms with Gasteiger partial charge < -0.3 is 19.7 Å². The highest BCUT2D eigenvalue weighted by Crippen LogP contribution is 2.24. The van der Waals surface area contributed by atoms with E-state index in [0.29, 0.717) is 16.7 Å². The molecule has 28 heavy (non-hydrogen) atoms. The van der Waals surface area contributed by atoms with Crippen molar-refractivity contribution in [2.45, 2.75) is 5.16 Å². The molecule has 3 aromatic rings. The SMILES string of the molecule is COc1ccc(-c2nnc(SCC(=O)Nc3ccc(C(=O)O)cc3)n2C)cc1. The predicted octanol–water partition coefficient (Wildman–Crippen LogP) is 2.92. The number of carbonyl (C=O) groups is 2. The Morgan fingerprint density at radius 2 is 1.79 bits per heavy atom. The van der Waals surface area contributed by atoms with Crippen LogP contribution in [0.15, 0.2) is 53.7 Å². The molecular formula is C19H18N4O4S. The summed E-state index contributed by atoms with van der Waals surface area (Å²) in [7, 11) is 3.45. The summed E-state index contributed by atoms with van der Waals surface area (Å²) in [6.45, 7) is 0. The predicted molar refractivity (Wildman–Crippen MR) is 106 cm³/mol. The molecule has 1 amide bonds. The van der Waals surface area contributed by atoms with Crippen molar-refractivity contribution in [2.24, 2.45) is 7.05 Å². The van der Waals surface area contributed by atoms with Crippen LogP contribution < -0.4 is 10.1 Å². The van der Waals surface area contributed by atoms with E-state index in [2.05, 4.69) is 15.5 Å². The van der Waals surface area contributed by atoms with Crippen LogP contribution in [-0.4, -0.2) is 44.6 Å². The third-order valence-corrected chi connectivity index (χ3v) is 4.95. The summed E-state index contributed by atoms with van der Waals surface area (Å²) < 4.78 is 6.97. The van der Waals surface area contributed by atoms with Crippen LogP contribution in [0.2, 0.25) is 0 Å². The van der Waals surface area contributed by atoms with E-state index in [1.54, 1.807) is 19.2 Å². The molecule has 3 rings (SSSR count). The third kappa shape index (κ3) is 4.49. The van der Waals surface area contributed by atoms with Crippen molar-refractivity contribution in [3.63, 3.8) is 0 Å². The number of nitrogens with zero attached hydrogens (tertiary/aromatic N) is 3. The Bertz CT molecular complexity index is 984. The number of amides is 1. The number of carbonyl (C=O) groups excluding carboxylic acids is 1. The third-order valence-electron chi connectivity index (χ3n) is 3.93. The summed E-state index contributed by atoms with van der Waals surface area (Å²) in [5.74, 6) is 0.365. The van der Waals surface area contributed by atoms with Crippen molar-refractivity contribution in [3.8, 4) is 17.1 Å². The highest BCUT2D eigenvalue weighted by atomic mass is 32.2. The number of aromatic nitrogens is 3. The van der Waals surface area contributed by atoms with E-state index in [1.807, 2.05) is 35.9 Å². The van der Waals surface area contributed by atoms with Crippen LogP contribution in [0.1, 0.15) is 10.4 Å². The fourth-order valence-electron chi connectivity index (χ4n) is 2.46. The topological polar surface area (TPSA) is 106 Å². The van der Waals surface area contributed by atoms with E-state index in [1.165, 1.54) is 23.9 Å². The molecule has 0 fully saturated rings. The minimum atomic E-state index is -1.01. The number of thioether (sulfide) groups is 1. The van der Waals surface area contributed by atoms with E-state index < -0.39 is 5.97 Å². The Kier molecular flexibility index (Phi) is 5.95. The summed E-state index contributed by atoms with van der Waals surface area (Å²) in [5, 5.41) is 20.6. The van der Waals surface area contributed by atoms with Crippen LogP contribution in [0.25, 0.3) is 11.4 Å². The number of methoxy groups -OCH3 is 1. The van der Waals surface area contributed by atoms with Gasteiger partial charge in [-0.25, -0.2) is 4.79 Å². The molecule has 144 valence electrons. The van der Waals surface area contributed by atoms with E-state index in [0.717, 1.165) is 11.3 Å². The molecule has 1 heterocycles. The van der Waals surface area contributed by atoms with Crippen LogP contribution in [0, 0.1) is 0 Å². The Balaban J connectivity index is 1.60. The van der Waals surface area contributed by atoms with Gasteiger partial charge in [-0.3, -0.25) is 4.79 Å². The lowest BCUT2D eigenvalue weighted by atomic mass is 10.2. The fourth-order valence-corrected chi connectivity index (χ4v) is 3.17. The Hall–Kier alpha value is -3.33. The first-order valence-corrected chi connectivity index (χ1v) is 9.26. The molecule has 0 unspecified atom stereocenters. The smallest absolute Gasteiger partial charge is 0.335 e. The van der Waals surface area contributed by atoms with E-state index in [9.17, 15) is 9.59 Å². The van der Waals surface area contributed by atoms with Gasteiger partial charge in [0.25, 0.3) is 0 Å². The number of rotatable bonds is 7. The molecule has 0 saturated carbocycles. The minimum Gasteiger partial charge on any atom is -0.497 e. The largest absolute Gasteiger partial charge is 0.497 e. The molecule has 0 aliphatic rings. The van der Waals surface area contributed by atoms with Gasteiger partial charge in [0.15, 0.2) is 11.0 Å². The maximum atomic E-state index is 12.1. The van der Waals surface area contributed by atoms with E-state index in [-0.39, 0.29) is 17.2 Å². The Labute approximate surface area is 165 Å². The molecule has 0 aliphatic heterocycles. The summed E-state index contributed by atoms with van der Waals surface area (Å²) in [5.41, 5.74) is 1.59. The van der Waals surface area contributed by atoms with Crippen LogP contribution in [0.4, 0.5) is 5.69 Å². The number of aromatic carboxylic acids is 1. The molecule has 0 saturated heterocycles. The molecule has 1 aromatic heterocycles. The number of hydrogen-bond acceptors (Lipinski definition) is 6. The summed E-state index contributed by atoms with van der Waals surface area (Å²) in [6, 6.07) is 13.5. The molecule has 9 heteroatoms. The summed E-state index contributed by atoms with van der Waals surface area (Å²) >= 11 is 1.26. The second-order valence-electron chi connectivity index (χ2n) is 5.81. The average molecular weight is 398 g/mol. The minimum absolute atomic E-state index is 0.148. The van der Waals surface area contributed by atoms with Gasteiger partial charge in [0.2, 0.25) is 5.91 Å². The lowest BCUT2D eigenvalue weighted by Crippen LogP contribution is -2.14. The summed E-state index contributed by atoms with van der Waals surface area (Å²) in [6.07, 6.45) is 0. The maximum absolute atomic E-state index is 12.1. The number of benzene rings is 2. The van der Waals surface area contributed by atoms with Crippen molar-refractivity contribution in [1.82, 2.24) is 14.8 Å². The van der Waals surface area contributed by atoms with Crippen LogP contribution in [-0.2, 0) is 11.8 Å². The number of carboxylic acid groups (broad SMARTS) is 1. The van der Waals surface area contributed by atoms with Gasteiger partial charge in [0.1, 0.15) is 5.75 Å². The molecule has 0 bridgehead atoms. The quantitative estimate of drug-likeness (QED) is 0.589. The Morgan fingerprint density at radius 1 is 1.11 bits per heavy atom. The van der Waals surface area contributed by atoms with E-state index >= 15 is 0 Å². The molecule has 8 nitrogen and oxygen atoms in total. The molecular weight excluding hydrogens is 380 g/mol. The zero-order valence-electron chi connectivity index (χ0n) is 15.2. The Morgan fingerprint density at radius 3 is 2.39 bits per heavy atom. The highest BCUT2D eigenvalue weighted by Gasteiger charge is 2.13. The van der Waals surface area contributed by atoms with Gasteiger partial charge in [-0.2, -0.15) is 0 Å². The van der Waals surface area contributed by atoms with Crippen molar-refractivity contribution in [1.29, 1.82) is 0 Å².